The van der Waals surface area contributed by atoms with Crippen LogP contribution < -0.4 is 11.5 Å². The topological polar surface area (TPSA) is 75.1 Å². The van der Waals surface area contributed by atoms with Crippen LogP contribution in [0.15, 0.2) is 23.1 Å². The number of anilines is 2. The molecule has 1 unspecified atom stereocenters. The maximum atomic E-state index is 10.9. The Morgan fingerprint density at radius 1 is 1.27 bits per heavy atom. The Morgan fingerprint density at radius 3 is 2.36 bits per heavy atom. The van der Waals surface area contributed by atoms with Gasteiger partial charge < -0.3 is 16.0 Å². The van der Waals surface area contributed by atoms with Crippen LogP contribution in [0.3, 0.4) is 0 Å². The Morgan fingerprint density at radius 2 is 1.91 bits per heavy atom. The fourth-order valence-electron chi connectivity index (χ4n) is 0.732. The molecule has 0 saturated carbocycles. The Bertz CT molecular complexity index is 263. The number of hydrogen-bond acceptors (Lipinski definition) is 3. The standard InChI is InChI=1S/C7H10N2OS/c1-11(10)5-2-3-6(8)7(9)4-5/h2-4H,8-9H2,1H3. The third kappa shape index (κ3) is 1.78. The van der Waals surface area contributed by atoms with E-state index in [9.17, 15) is 4.55 Å². The van der Waals surface area contributed by atoms with Gasteiger partial charge in [-0.3, -0.25) is 0 Å². The van der Waals surface area contributed by atoms with Gasteiger partial charge in [0.25, 0.3) is 0 Å². The molecule has 0 aliphatic rings. The van der Waals surface area contributed by atoms with Crippen molar-refractivity contribution >= 4 is 22.6 Å². The van der Waals surface area contributed by atoms with Crippen molar-refractivity contribution in [1.29, 1.82) is 0 Å². The lowest BCUT2D eigenvalue weighted by Gasteiger charge is -2.05. The highest BCUT2D eigenvalue weighted by atomic mass is 32.2. The second-order valence-corrected chi connectivity index (χ2v) is 3.62. The largest absolute Gasteiger partial charge is 0.612 e. The number of benzene rings is 1. The Balaban J connectivity index is 3.05. The van der Waals surface area contributed by atoms with Gasteiger partial charge in [0.1, 0.15) is 6.26 Å². The average Bonchev–Trinajstić information content (AvgIpc) is 1.94. The van der Waals surface area contributed by atoms with Crippen LogP contribution >= 0.6 is 0 Å². The van der Waals surface area contributed by atoms with Crippen LogP contribution in [-0.4, -0.2) is 10.8 Å². The zero-order chi connectivity index (χ0) is 8.43. The molecule has 0 heterocycles. The van der Waals surface area contributed by atoms with Gasteiger partial charge in [-0.25, -0.2) is 0 Å². The van der Waals surface area contributed by atoms with Crippen molar-refractivity contribution in [3.63, 3.8) is 0 Å². The molecule has 0 radical (unpaired) electrons. The van der Waals surface area contributed by atoms with Crippen LogP contribution in [0.1, 0.15) is 0 Å². The predicted molar refractivity (Wildman–Crippen MR) is 47.6 cm³/mol. The first-order valence-corrected chi connectivity index (χ1v) is 4.65. The predicted octanol–water partition coefficient (Wildman–Crippen LogP) is 0.588. The van der Waals surface area contributed by atoms with Crippen molar-refractivity contribution < 1.29 is 4.55 Å². The van der Waals surface area contributed by atoms with Gasteiger partial charge in [0.15, 0.2) is 4.90 Å². The lowest BCUT2D eigenvalue weighted by atomic mass is 10.3. The molecular formula is C7H10N2OS. The fraction of sp³-hybridized carbons (Fsp3) is 0.143. The minimum absolute atomic E-state index is 0.484. The van der Waals surface area contributed by atoms with Crippen LogP contribution in [0.4, 0.5) is 11.4 Å². The molecule has 11 heavy (non-hydrogen) atoms. The average molecular weight is 170 g/mol. The summed E-state index contributed by atoms with van der Waals surface area (Å²) in [6.45, 7) is 0. The van der Waals surface area contributed by atoms with Gasteiger partial charge in [0.05, 0.1) is 11.4 Å². The van der Waals surface area contributed by atoms with Gasteiger partial charge in [0, 0.05) is 6.07 Å². The third-order valence-electron chi connectivity index (χ3n) is 1.39. The molecular weight excluding hydrogens is 160 g/mol. The first kappa shape index (κ1) is 8.23. The van der Waals surface area contributed by atoms with E-state index in [0.717, 1.165) is 0 Å². The summed E-state index contributed by atoms with van der Waals surface area (Å²) in [4.78, 5) is 0.705. The molecule has 4 N–H and O–H groups in total. The van der Waals surface area contributed by atoms with Gasteiger partial charge in [-0.05, 0) is 23.3 Å². The van der Waals surface area contributed by atoms with E-state index in [4.69, 9.17) is 11.5 Å². The van der Waals surface area contributed by atoms with Crippen LogP contribution in [-0.2, 0) is 11.2 Å². The van der Waals surface area contributed by atoms with Crippen LogP contribution in [0.2, 0.25) is 0 Å². The highest BCUT2D eigenvalue weighted by Crippen LogP contribution is 2.18. The lowest BCUT2D eigenvalue weighted by Crippen LogP contribution is -2.00. The molecule has 0 aliphatic carbocycles. The van der Waals surface area contributed by atoms with E-state index in [-0.39, 0.29) is 0 Å². The number of nitrogen functional groups attached to an aromatic ring is 2. The fourth-order valence-corrected chi connectivity index (χ4v) is 1.28. The molecule has 1 aromatic carbocycles. The summed E-state index contributed by atoms with van der Waals surface area (Å²) < 4.78 is 10.9. The molecule has 3 nitrogen and oxygen atoms in total. The first-order chi connectivity index (χ1) is 5.11. The molecule has 0 saturated heterocycles. The van der Waals surface area contributed by atoms with Gasteiger partial charge in [-0.15, -0.1) is 0 Å². The van der Waals surface area contributed by atoms with Gasteiger partial charge >= 0.3 is 0 Å². The van der Waals surface area contributed by atoms with E-state index in [1.54, 1.807) is 24.5 Å². The number of rotatable bonds is 1. The quantitative estimate of drug-likeness (QED) is 0.478. The van der Waals surface area contributed by atoms with Crippen molar-refractivity contribution in [3.05, 3.63) is 18.2 Å². The maximum Gasteiger partial charge on any atom is 0.154 e. The van der Waals surface area contributed by atoms with Crippen LogP contribution in [0.5, 0.6) is 0 Å². The molecule has 4 heteroatoms. The highest BCUT2D eigenvalue weighted by molar-refractivity contribution is 7.90. The number of hydrogen-bond donors (Lipinski definition) is 2. The van der Waals surface area contributed by atoms with Crippen molar-refractivity contribution in [2.75, 3.05) is 17.7 Å². The second kappa shape index (κ2) is 3.02. The molecule has 0 spiro atoms. The van der Waals surface area contributed by atoms with E-state index in [1.165, 1.54) is 0 Å². The summed E-state index contributed by atoms with van der Waals surface area (Å²) >= 11 is -0.983. The minimum Gasteiger partial charge on any atom is -0.612 e. The molecule has 0 fully saturated rings. The summed E-state index contributed by atoms with van der Waals surface area (Å²) in [5, 5.41) is 0. The van der Waals surface area contributed by atoms with E-state index in [1.807, 2.05) is 0 Å². The zero-order valence-electron chi connectivity index (χ0n) is 6.20. The summed E-state index contributed by atoms with van der Waals surface area (Å²) in [7, 11) is 0. The molecule has 60 valence electrons. The van der Waals surface area contributed by atoms with E-state index in [2.05, 4.69) is 0 Å². The molecule has 1 atom stereocenters. The van der Waals surface area contributed by atoms with E-state index >= 15 is 0 Å². The third-order valence-corrected chi connectivity index (χ3v) is 2.31. The van der Waals surface area contributed by atoms with Crippen molar-refractivity contribution in [3.8, 4) is 0 Å². The molecule has 0 bridgehead atoms. The number of nitrogens with two attached hydrogens (primary N) is 2. The van der Waals surface area contributed by atoms with Crippen LogP contribution in [0.25, 0.3) is 0 Å². The minimum atomic E-state index is -0.983. The Labute approximate surface area is 68.6 Å². The smallest absolute Gasteiger partial charge is 0.154 e. The summed E-state index contributed by atoms with van der Waals surface area (Å²) in [6.07, 6.45) is 1.60. The molecule has 0 amide bonds. The van der Waals surface area contributed by atoms with Gasteiger partial charge in [-0.1, -0.05) is 0 Å². The maximum absolute atomic E-state index is 10.9. The van der Waals surface area contributed by atoms with Gasteiger partial charge in [-0.2, -0.15) is 0 Å². The Hall–Kier alpha value is -0.870. The zero-order valence-corrected chi connectivity index (χ0v) is 7.02. The summed E-state index contributed by atoms with van der Waals surface area (Å²) in [5.74, 6) is 0. The van der Waals surface area contributed by atoms with E-state index in [0.29, 0.717) is 16.3 Å². The molecule has 1 aromatic rings. The molecule has 1 rings (SSSR count). The van der Waals surface area contributed by atoms with Crippen LogP contribution in [0, 0.1) is 0 Å². The van der Waals surface area contributed by atoms with E-state index < -0.39 is 11.2 Å². The normalized spacial score (nSPS) is 12.9. The highest BCUT2D eigenvalue weighted by Gasteiger charge is 2.04. The molecule has 0 aliphatic heterocycles. The lowest BCUT2D eigenvalue weighted by molar-refractivity contribution is 0.601. The van der Waals surface area contributed by atoms with Crippen molar-refractivity contribution in [1.82, 2.24) is 0 Å². The van der Waals surface area contributed by atoms with Crippen molar-refractivity contribution in [2.45, 2.75) is 4.90 Å². The molecule has 0 aromatic heterocycles. The summed E-state index contributed by atoms with van der Waals surface area (Å²) in [5.41, 5.74) is 12.0. The van der Waals surface area contributed by atoms with Gasteiger partial charge in [0.2, 0.25) is 0 Å². The van der Waals surface area contributed by atoms with Crippen molar-refractivity contribution in [2.24, 2.45) is 0 Å². The Kier molecular flexibility index (Phi) is 2.26. The second-order valence-electron chi connectivity index (χ2n) is 2.24. The SMILES string of the molecule is C[S+]([O-])c1ccc(N)c(N)c1. The first-order valence-electron chi connectivity index (χ1n) is 3.09. The summed E-state index contributed by atoms with van der Waals surface area (Å²) in [6, 6.07) is 5.00. The monoisotopic (exact) mass is 170 g/mol.